The van der Waals surface area contributed by atoms with E-state index in [1.807, 2.05) is 6.07 Å². The summed E-state index contributed by atoms with van der Waals surface area (Å²) >= 11 is 6.25. The van der Waals surface area contributed by atoms with E-state index in [1.54, 1.807) is 42.5 Å². The van der Waals surface area contributed by atoms with Crippen LogP contribution in [0.25, 0.3) is 0 Å². The highest BCUT2D eigenvalue weighted by atomic mass is 35.5. The topological polar surface area (TPSA) is 187 Å². The number of ether oxygens (including phenoxy) is 2. The first-order chi connectivity index (χ1) is 29.5. The van der Waals surface area contributed by atoms with E-state index >= 15 is 0 Å². The summed E-state index contributed by atoms with van der Waals surface area (Å²) in [6, 6.07) is 15.1. The number of nitrogens with zero attached hydrogens (tertiary/aromatic N) is 6. The Morgan fingerprint density at radius 2 is 1.61 bits per heavy atom. The van der Waals surface area contributed by atoms with Crippen LogP contribution in [0.1, 0.15) is 117 Å². The predicted octanol–water partition coefficient (Wildman–Crippen LogP) is 5.55. The number of aromatic nitrogens is 2. The maximum atomic E-state index is 13.5. The van der Waals surface area contributed by atoms with Crippen molar-refractivity contribution < 1.29 is 33.4 Å². The Morgan fingerprint density at radius 3 is 2.24 bits per heavy atom. The second kappa shape index (κ2) is 16.6. The lowest BCUT2D eigenvalue weighted by Crippen LogP contribution is -2.74. The van der Waals surface area contributed by atoms with E-state index < -0.39 is 40.5 Å². The summed E-state index contributed by atoms with van der Waals surface area (Å²) in [5, 5.41) is 23.8. The van der Waals surface area contributed by atoms with Gasteiger partial charge >= 0.3 is 0 Å². The second-order valence-electron chi connectivity index (χ2n) is 18.8. The summed E-state index contributed by atoms with van der Waals surface area (Å²) in [6.45, 7) is 15.3. The number of anilines is 1. The van der Waals surface area contributed by atoms with Crippen LogP contribution in [-0.4, -0.2) is 106 Å². The Balaban J connectivity index is 0.795. The number of hydrogen-bond acceptors (Lipinski definition) is 12. The van der Waals surface area contributed by atoms with Gasteiger partial charge in [-0.3, -0.25) is 39.1 Å². The number of benzene rings is 2. The molecule has 2 aromatic carbocycles. The van der Waals surface area contributed by atoms with Crippen molar-refractivity contribution in [3.63, 3.8) is 0 Å². The average molecular weight is 865 g/mol. The van der Waals surface area contributed by atoms with Crippen LogP contribution in [0.3, 0.4) is 0 Å². The number of carbonyl (C=O) groups excluding carboxylic acids is 5. The standard InChI is InChI=1S/C46H53ClN8O7/c1-25(2)54(28-19-31(20-28)61-29-9-10-32-33(21-29)42(60)55(41(32)59)36-12-14-38(56)49-40(36)58)24-26-15-17-53(18-16-26)37-13-11-35(51-52-37)39(57)50-43-45(3,4)44(46(43,5)6)62-30-8-7-27(23-48)34(47)22-30/h7-11,13,21-22,25-26,28,31,36,43-44H,12,14-20,24H2,1-6H3,(H,50,57)(H,49,56,58). The van der Waals surface area contributed by atoms with E-state index in [-0.39, 0.29) is 53.8 Å². The lowest BCUT2D eigenvalue weighted by molar-refractivity contribution is -0.164. The first-order valence-corrected chi connectivity index (χ1v) is 21.9. The van der Waals surface area contributed by atoms with Crippen LogP contribution in [-0.2, 0) is 9.59 Å². The molecule has 1 atom stereocenters. The van der Waals surface area contributed by atoms with Crippen LogP contribution >= 0.6 is 11.6 Å². The van der Waals surface area contributed by atoms with Crippen molar-refractivity contribution in [1.82, 2.24) is 30.6 Å². The molecule has 0 bridgehead atoms. The maximum absolute atomic E-state index is 13.5. The molecule has 2 saturated heterocycles. The van der Waals surface area contributed by atoms with Gasteiger partial charge in [-0.2, -0.15) is 5.26 Å². The minimum Gasteiger partial charge on any atom is -0.490 e. The van der Waals surface area contributed by atoms with Crippen molar-refractivity contribution in [2.24, 2.45) is 16.7 Å². The van der Waals surface area contributed by atoms with Crippen LogP contribution in [0.4, 0.5) is 5.82 Å². The molecule has 3 aliphatic heterocycles. The zero-order valence-electron chi connectivity index (χ0n) is 35.9. The third-order valence-corrected chi connectivity index (χ3v) is 13.9. The van der Waals surface area contributed by atoms with Gasteiger partial charge in [0.1, 0.15) is 35.8 Å². The molecular formula is C46H53ClN8O7. The van der Waals surface area contributed by atoms with E-state index in [9.17, 15) is 29.2 Å². The average Bonchev–Trinajstić information content (AvgIpc) is 3.47. The molecule has 3 aromatic rings. The van der Waals surface area contributed by atoms with Crippen molar-refractivity contribution in [3.8, 4) is 17.6 Å². The first kappa shape index (κ1) is 43.1. The SMILES string of the molecule is CC(C)N(CC1CCN(c2ccc(C(=O)NC3C(C)(C)C(Oc4ccc(C#N)c(Cl)c4)C3(C)C)nn2)CC1)C1CC(Oc2ccc3c(c2)C(=O)N(C2CCC(=O)NC2=O)C3=O)C1. The maximum Gasteiger partial charge on any atom is 0.272 e. The highest BCUT2D eigenvalue weighted by Crippen LogP contribution is 2.55. The van der Waals surface area contributed by atoms with E-state index in [2.05, 4.69) is 78.2 Å². The molecular weight excluding hydrogens is 812 g/mol. The van der Waals surface area contributed by atoms with Gasteiger partial charge in [0, 0.05) is 73.9 Å². The van der Waals surface area contributed by atoms with Gasteiger partial charge in [0.25, 0.3) is 17.7 Å². The van der Waals surface area contributed by atoms with Crippen molar-refractivity contribution in [2.45, 2.75) is 116 Å². The summed E-state index contributed by atoms with van der Waals surface area (Å²) in [4.78, 5) is 69.7. The molecule has 1 aromatic heterocycles. The minimum absolute atomic E-state index is 0.0269. The molecule has 5 aliphatic rings. The quantitative estimate of drug-likeness (QED) is 0.217. The van der Waals surface area contributed by atoms with E-state index in [0.29, 0.717) is 40.1 Å². The molecule has 326 valence electrons. The van der Waals surface area contributed by atoms with Crippen LogP contribution in [0, 0.1) is 28.1 Å². The first-order valence-electron chi connectivity index (χ1n) is 21.5. The molecule has 0 radical (unpaired) electrons. The molecule has 8 rings (SSSR count). The number of nitrogens with one attached hydrogen (secondary N) is 2. The van der Waals surface area contributed by atoms with E-state index in [4.69, 9.17) is 21.1 Å². The van der Waals surface area contributed by atoms with Gasteiger partial charge < -0.3 is 19.7 Å². The summed E-state index contributed by atoms with van der Waals surface area (Å²) < 4.78 is 12.7. The molecule has 62 heavy (non-hydrogen) atoms. The van der Waals surface area contributed by atoms with Crippen molar-refractivity contribution >= 4 is 47.0 Å². The van der Waals surface area contributed by atoms with Gasteiger partial charge in [-0.1, -0.05) is 39.3 Å². The predicted molar refractivity (Wildman–Crippen MR) is 229 cm³/mol. The summed E-state index contributed by atoms with van der Waals surface area (Å²) in [6.07, 6.45) is 3.62. The van der Waals surface area contributed by atoms with Gasteiger partial charge in [0.15, 0.2) is 11.5 Å². The molecule has 15 nitrogen and oxygen atoms in total. The van der Waals surface area contributed by atoms with Crippen LogP contribution < -0.4 is 25.0 Å². The third-order valence-electron chi connectivity index (χ3n) is 13.6. The number of fused-ring (bicyclic) bond motifs is 1. The van der Waals surface area contributed by atoms with Gasteiger partial charge in [-0.15, -0.1) is 10.2 Å². The molecule has 16 heteroatoms. The molecule has 2 aliphatic carbocycles. The zero-order valence-corrected chi connectivity index (χ0v) is 36.7. The van der Waals surface area contributed by atoms with Gasteiger partial charge in [-0.25, -0.2) is 0 Å². The number of piperidine rings is 2. The normalized spacial score (nSPS) is 25.5. The number of imide groups is 2. The monoisotopic (exact) mass is 864 g/mol. The number of carbonyl (C=O) groups is 5. The van der Waals surface area contributed by atoms with Crippen molar-refractivity contribution in [3.05, 3.63) is 75.9 Å². The van der Waals surface area contributed by atoms with Crippen LogP contribution in [0.5, 0.6) is 11.5 Å². The van der Waals surface area contributed by atoms with Crippen molar-refractivity contribution in [2.75, 3.05) is 24.5 Å². The van der Waals surface area contributed by atoms with Gasteiger partial charge in [0.05, 0.1) is 21.7 Å². The number of halogens is 1. The molecule has 5 amide bonds. The van der Waals surface area contributed by atoms with Crippen LogP contribution in [0.2, 0.25) is 5.02 Å². The lowest BCUT2D eigenvalue weighted by Gasteiger charge is -2.63. The molecule has 2 N–H and O–H groups in total. The smallest absolute Gasteiger partial charge is 0.272 e. The van der Waals surface area contributed by atoms with E-state index in [1.165, 1.54) is 0 Å². The lowest BCUT2D eigenvalue weighted by atomic mass is 9.49. The Hall–Kier alpha value is -5.59. The fourth-order valence-corrected chi connectivity index (χ4v) is 10.7. The van der Waals surface area contributed by atoms with Crippen molar-refractivity contribution in [1.29, 1.82) is 5.26 Å². The molecule has 0 spiro atoms. The summed E-state index contributed by atoms with van der Waals surface area (Å²) in [5.41, 5.74) is 0.273. The summed E-state index contributed by atoms with van der Waals surface area (Å²) in [7, 11) is 0. The minimum atomic E-state index is -1.01. The Morgan fingerprint density at radius 1 is 0.935 bits per heavy atom. The Labute approximate surface area is 366 Å². The Bertz CT molecular complexity index is 2320. The fraction of sp³-hybridized carbons (Fsp3) is 0.522. The molecule has 4 fully saturated rings. The van der Waals surface area contributed by atoms with E-state index in [0.717, 1.165) is 56.0 Å². The molecule has 2 saturated carbocycles. The molecule has 1 unspecified atom stereocenters. The highest BCUT2D eigenvalue weighted by molar-refractivity contribution is 6.31. The highest BCUT2D eigenvalue weighted by Gasteiger charge is 2.64. The largest absolute Gasteiger partial charge is 0.490 e. The zero-order chi connectivity index (χ0) is 44.2. The third kappa shape index (κ3) is 7.99. The molecule has 4 heterocycles. The number of amides is 5. The fourth-order valence-electron chi connectivity index (χ4n) is 10.5. The van der Waals surface area contributed by atoms with Gasteiger partial charge in [-0.05, 0) is 81.5 Å². The summed E-state index contributed by atoms with van der Waals surface area (Å²) in [5.74, 6) is -0.0706. The number of nitriles is 1. The Kier molecular flexibility index (Phi) is 11.5. The van der Waals surface area contributed by atoms with Crippen LogP contribution in [0.15, 0.2) is 48.5 Å². The second-order valence-corrected chi connectivity index (χ2v) is 19.2. The van der Waals surface area contributed by atoms with Gasteiger partial charge in [0.2, 0.25) is 11.8 Å². The number of hydrogen-bond donors (Lipinski definition) is 2. The number of rotatable bonds is 12.